The van der Waals surface area contributed by atoms with E-state index in [1.807, 2.05) is 0 Å². The van der Waals surface area contributed by atoms with Gasteiger partial charge in [0.1, 0.15) is 10.5 Å². The third-order valence-electron chi connectivity index (χ3n) is 4.58. The molecule has 1 amide bonds. The molecule has 3 rings (SSSR count). The molecule has 1 aromatic carbocycles. The van der Waals surface area contributed by atoms with Crippen LogP contribution in [-0.2, 0) is 19.3 Å². The summed E-state index contributed by atoms with van der Waals surface area (Å²) < 4.78 is 36.1. The summed E-state index contributed by atoms with van der Waals surface area (Å²) in [7, 11) is -3.83. The first kappa shape index (κ1) is 19.3. The monoisotopic (exact) mass is 403 g/mol. The molecule has 2 aliphatic rings. The highest BCUT2D eigenvalue weighted by Crippen LogP contribution is 2.52. The number of carbonyl (C=O) groups excluding carboxylic acids is 1. The maximum Gasteiger partial charge on any atom is 0.412 e. The Labute approximate surface area is 157 Å². The number of anilines is 1. The lowest BCUT2D eigenvalue weighted by Gasteiger charge is -2.52. The normalized spacial score (nSPS) is 19.5. The molecule has 1 heterocycles. The summed E-state index contributed by atoms with van der Waals surface area (Å²) in [5.74, 6) is -0.575. The smallest absolute Gasteiger partial charge is 0.412 e. The van der Waals surface area contributed by atoms with Gasteiger partial charge < -0.3 is 14.6 Å². The van der Waals surface area contributed by atoms with E-state index in [1.54, 1.807) is 20.8 Å². The van der Waals surface area contributed by atoms with Crippen LogP contribution in [0.15, 0.2) is 17.0 Å². The number of halogens is 1. The highest BCUT2D eigenvalue weighted by atomic mass is 35.5. The van der Waals surface area contributed by atoms with Gasteiger partial charge in [-0.3, -0.25) is 5.32 Å². The van der Waals surface area contributed by atoms with E-state index >= 15 is 0 Å². The van der Waals surface area contributed by atoms with Crippen LogP contribution < -0.4 is 5.32 Å². The standard InChI is InChI=1S/C17H22ClNO6S/c1-16(2,3)25-15(21)19-12-5-4-11(18)14(13(12)20)26(22,23)10-6-17(7-10)8-24-9-17/h4-5,10,20H,6-9H2,1-3H3,(H,19,21). The van der Waals surface area contributed by atoms with Gasteiger partial charge in [-0.2, -0.15) is 0 Å². The number of amides is 1. The van der Waals surface area contributed by atoms with Crippen molar-refractivity contribution < 1.29 is 27.8 Å². The molecular weight excluding hydrogens is 382 g/mol. The minimum atomic E-state index is -3.83. The van der Waals surface area contributed by atoms with Gasteiger partial charge >= 0.3 is 6.09 Å². The van der Waals surface area contributed by atoms with Crippen LogP contribution in [0.3, 0.4) is 0 Å². The molecule has 144 valence electrons. The quantitative estimate of drug-likeness (QED) is 0.750. The summed E-state index contributed by atoms with van der Waals surface area (Å²) in [5.41, 5.74) is -0.846. The average Bonchev–Trinajstić information content (AvgIpc) is 2.36. The van der Waals surface area contributed by atoms with Gasteiger partial charge in [-0.25, -0.2) is 13.2 Å². The number of rotatable bonds is 3. The summed E-state index contributed by atoms with van der Waals surface area (Å²) in [5, 5.41) is 12.1. The van der Waals surface area contributed by atoms with Gasteiger partial charge in [-0.05, 0) is 45.7 Å². The van der Waals surface area contributed by atoms with Crippen molar-refractivity contribution in [2.24, 2.45) is 5.41 Å². The molecule has 1 saturated carbocycles. The van der Waals surface area contributed by atoms with Crippen molar-refractivity contribution >= 4 is 33.2 Å². The van der Waals surface area contributed by atoms with Crippen molar-refractivity contribution in [3.8, 4) is 5.75 Å². The summed E-state index contributed by atoms with van der Waals surface area (Å²) in [6, 6.07) is 2.67. The summed E-state index contributed by atoms with van der Waals surface area (Å²) in [4.78, 5) is 11.6. The second-order valence-corrected chi connectivity index (χ2v) is 10.5. The van der Waals surface area contributed by atoms with E-state index in [0.717, 1.165) is 0 Å². The Kier molecular flexibility index (Phi) is 4.65. The molecule has 9 heteroatoms. The van der Waals surface area contributed by atoms with Gasteiger partial charge in [0.25, 0.3) is 0 Å². The van der Waals surface area contributed by atoms with Crippen LogP contribution >= 0.6 is 11.6 Å². The van der Waals surface area contributed by atoms with Gasteiger partial charge in [-0.15, -0.1) is 0 Å². The molecule has 26 heavy (non-hydrogen) atoms. The van der Waals surface area contributed by atoms with Crippen LogP contribution in [0.25, 0.3) is 0 Å². The molecule has 0 radical (unpaired) electrons. The molecular formula is C17H22ClNO6S. The lowest BCUT2D eigenvalue weighted by atomic mass is 9.67. The Morgan fingerprint density at radius 2 is 1.96 bits per heavy atom. The van der Waals surface area contributed by atoms with E-state index in [1.165, 1.54) is 12.1 Å². The highest BCUT2D eigenvalue weighted by molar-refractivity contribution is 7.92. The molecule has 0 aromatic heterocycles. The zero-order valence-electron chi connectivity index (χ0n) is 14.8. The molecule has 1 aliphatic carbocycles. The largest absolute Gasteiger partial charge is 0.504 e. The first-order valence-corrected chi connectivity index (χ1v) is 10.2. The summed E-state index contributed by atoms with van der Waals surface area (Å²) in [6.07, 6.45) is 0.164. The summed E-state index contributed by atoms with van der Waals surface area (Å²) >= 11 is 6.07. The summed E-state index contributed by atoms with van der Waals surface area (Å²) in [6.45, 7) is 6.22. The number of sulfone groups is 1. The number of aromatic hydroxyl groups is 1. The Morgan fingerprint density at radius 1 is 1.35 bits per heavy atom. The van der Waals surface area contributed by atoms with E-state index in [9.17, 15) is 18.3 Å². The molecule has 2 N–H and O–H groups in total. The Balaban J connectivity index is 1.84. The van der Waals surface area contributed by atoms with Crippen LogP contribution in [-0.4, -0.2) is 43.7 Å². The Morgan fingerprint density at radius 3 is 2.46 bits per heavy atom. The molecule has 0 bridgehead atoms. The van der Waals surface area contributed by atoms with Gasteiger partial charge in [0.15, 0.2) is 15.6 Å². The van der Waals surface area contributed by atoms with Gasteiger partial charge in [0.2, 0.25) is 0 Å². The fourth-order valence-corrected chi connectivity index (χ4v) is 5.92. The first-order chi connectivity index (χ1) is 11.9. The zero-order valence-corrected chi connectivity index (χ0v) is 16.4. The lowest BCUT2D eigenvalue weighted by molar-refractivity contribution is -0.153. The van der Waals surface area contributed by atoms with Crippen molar-refractivity contribution in [3.05, 3.63) is 17.2 Å². The van der Waals surface area contributed by atoms with Gasteiger partial charge in [-0.1, -0.05) is 11.6 Å². The third kappa shape index (κ3) is 3.50. The third-order valence-corrected chi connectivity index (χ3v) is 7.20. The number of nitrogens with one attached hydrogen (secondary N) is 1. The molecule has 1 aliphatic heterocycles. The van der Waals surface area contributed by atoms with E-state index < -0.39 is 32.5 Å². The molecule has 1 saturated heterocycles. The molecule has 0 unspecified atom stereocenters. The van der Waals surface area contributed by atoms with E-state index in [2.05, 4.69) is 5.32 Å². The predicted molar refractivity (Wildman–Crippen MR) is 96.4 cm³/mol. The molecule has 1 aromatic rings. The van der Waals surface area contributed by atoms with E-state index in [0.29, 0.717) is 26.1 Å². The fourth-order valence-electron chi connectivity index (χ4n) is 3.25. The molecule has 1 spiro atoms. The van der Waals surface area contributed by atoms with Gasteiger partial charge in [0, 0.05) is 5.41 Å². The van der Waals surface area contributed by atoms with Crippen LogP contribution in [0.5, 0.6) is 5.75 Å². The fraction of sp³-hybridized carbons (Fsp3) is 0.588. The number of hydrogen-bond acceptors (Lipinski definition) is 6. The van der Waals surface area contributed by atoms with Crippen molar-refractivity contribution in [2.75, 3.05) is 18.5 Å². The molecule has 0 atom stereocenters. The number of phenols is 1. The van der Waals surface area contributed by atoms with E-state index in [4.69, 9.17) is 21.1 Å². The van der Waals surface area contributed by atoms with Crippen LogP contribution in [0.2, 0.25) is 5.02 Å². The second-order valence-electron chi connectivity index (χ2n) is 7.97. The highest BCUT2D eigenvalue weighted by Gasteiger charge is 2.55. The predicted octanol–water partition coefficient (Wildman–Crippen LogP) is 3.35. The van der Waals surface area contributed by atoms with Crippen molar-refractivity contribution in [3.63, 3.8) is 0 Å². The number of phenolic OH excluding ortho intramolecular Hbond substituents is 1. The Hall–Kier alpha value is -1.51. The average molecular weight is 404 g/mol. The maximum atomic E-state index is 12.9. The lowest BCUT2D eigenvalue weighted by Crippen LogP contribution is -2.56. The number of carbonyl (C=O) groups is 1. The van der Waals surface area contributed by atoms with Crippen LogP contribution in [0.4, 0.5) is 10.5 Å². The van der Waals surface area contributed by atoms with E-state index in [-0.39, 0.29) is 21.0 Å². The first-order valence-electron chi connectivity index (χ1n) is 8.27. The number of ether oxygens (including phenoxy) is 2. The van der Waals surface area contributed by atoms with Crippen molar-refractivity contribution in [1.29, 1.82) is 0 Å². The van der Waals surface area contributed by atoms with Crippen molar-refractivity contribution in [1.82, 2.24) is 0 Å². The molecule has 7 nitrogen and oxygen atoms in total. The second kappa shape index (κ2) is 6.28. The maximum absolute atomic E-state index is 12.9. The number of hydrogen-bond donors (Lipinski definition) is 2. The SMILES string of the molecule is CC(C)(C)OC(=O)Nc1ccc(Cl)c(S(=O)(=O)C2CC3(COC3)C2)c1O. The molecule has 2 fully saturated rings. The van der Waals surface area contributed by atoms with Crippen LogP contribution in [0, 0.1) is 5.41 Å². The topological polar surface area (TPSA) is 102 Å². The van der Waals surface area contributed by atoms with Crippen molar-refractivity contribution in [2.45, 2.75) is 49.4 Å². The van der Waals surface area contributed by atoms with Gasteiger partial charge in [0.05, 0.1) is 29.2 Å². The Bertz CT molecular complexity index is 834. The minimum Gasteiger partial charge on any atom is -0.504 e. The van der Waals surface area contributed by atoms with Crippen LogP contribution in [0.1, 0.15) is 33.6 Å². The minimum absolute atomic E-state index is 0.0494. The zero-order chi connectivity index (χ0) is 19.3. The number of benzene rings is 1.